The molecule has 1 nitrogen and oxygen atoms in total. The summed E-state index contributed by atoms with van der Waals surface area (Å²) < 4.78 is 0. The molecule has 1 unspecified atom stereocenters. The number of hydrogen-bond donors (Lipinski definition) is 1. The Labute approximate surface area is 95.8 Å². The maximum Gasteiger partial charge on any atom is 0.0157 e. The van der Waals surface area contributed by atoms with Crippen LogP contribution in [0.3, 0.4) is 0 Å². The predicted molar refractivity (Wildman–Crippen MR) is 67.9 cm³/mol. The number of hydrogen-bond acceptors (Lipinski definition) is 1. The number of nitrogens with two attached hydrogens (primary N) is 1. The van der Waals surface area contributed by atoms with Crippen LogP contribution in [0.2, 0.25) is 0 Å². The van der Waals surface area contributed by atoms with Crippen molar-refractivity contribution >= 4 is 0 Å². The third kappa shape index (κ3) is 4.55. The first-order chi connectivity index (χ1) is 7.20. The van der Waals surface area contributed by atoms with Crippen molar-refractivity contribution in [2.24, 2.45) is 11.7 Å². The lowest BCUT2D eigenvalue weighted by Gasteiger charge is -2.36. The van der Waals surface area contributed by atoms with Crippen LogP contribution in [0, 0.1) is 5.92 Å². The van der Waals surface area contributed by atoms with Crippen molar-refractivity contribution in [2.75, 3.05) is 0 Å². The fraction of sp³-hybridized carbons (Fsp3) is 1.00. The van der Waals surface area contributed by atoms with Gasteiger partial charge in [0.15, 0.2) is 0 Å². The maximum absolute atomic E-state index is 6.51. The monoisotopic (exact) mass is 211 g/mol. The zero-order chi connectivity index (χ0) is 11.1. The molecular weight excluding hydrogens is 182 g/mol. The molecule has 0 aromatic heterocycles. The minimum atomic E-state index is 0.201. The summed E-state index contributed by atoms with van der Waals surface area (Å²) in [5, 5.41) is 0. The number of unbranched alkanes of at least 4 members (excludes halogenated alkanes) is 1. The Bertz CT molecular complexity index is 159. The second-order valence-electron chi connectivity index (χ2n) is 5.54. The highest BCUT2D eigenvalue weighted by molar-refractivity contribution is 4.89. The Morgan fingerprint density at radius 1 is 1.13 bits per heavy atom. The molecule has 15 heavy (non-hydrogen) atoms. The average Bonchev–Trinajstić information content (AvgIpc) is 2.25. The quantitative estimate of drug-likeness (QED) is 0.698. The standard InChI is InChI=1S/C14H29N/c1-3-5-9-13(4-2)12-14(15)10-7-6-8-11-14/h13H,3-12,15H2,1-2H3. The fourth-order valence-electron chi connectivity index (χ4n) is 2.98. The van der Waals surface area contributed by atoms with Gasteiger partial charge in [-0.15, -0.1) is 0 Å². The SMILES string of the molecule is CCCCC(CC)CC1(N)CCCCC1. The summed E-state index contributed by atoms with van der Waals surface area (Å²) in [7, 11) is 0. The molecular formula is C14H29N. The molecule has 0 saturated heterocycles. The summed E-state index contributed by atoms with van der Waals surface area (Å²) in [6, 6.07) is 0. The van der Waals surface area contributed by atoms with Crippen molar-refractivity contribution in [1.82, 2.24) is 0 Å². The fourth-order valence-corrected chi connectivity index (χ4v) is 2.98. The van der Waals surface area contributed by atoms with Crippen LogP contribution in [0.4, 0.5) is 0 Å². The highest BCUT2D eigenvalue weighted by Crippen LogP contribution is 2.33. The molecule has 1 aliphatic rings. The molecule has 1 saturated carbocycles. The van der Waals surface area contributed by atoms with Crippen molar-refractivity contribution in [1.29, 1.82) is 0 Å². The Morgan fingerprint density at radius 2 is 1.80 bits per heavy atom. The third-order valence-electron chi connectivity index (χ3n) is 4.09. The van der Waals surface area contributed by atoms with Gasteiger partial charge in [-0.1, -0.05) is 58.8 Å². The van der Waals surface area contributed by atoms with Crippen LogP contribution in [0.1, 0.15) is 78.1 Å². The molecule has 1 rings (SSSR count). The number of rotatable bonds is 6. The zero-order valence-electron chi connectivity index (χ0n) is 10.7. The minimum absolute atomic E-state index is 0.201. The van der Waals surface area contributed by atoms with Gasteiger partial charge in [0.2, 0.25) is 0 Å². The Balaban J connectivity index is 2.34. The van der Waals surface area contributed by atoms with Crippen molar-refractivity contribution in [2.45, 2.75) is 83.6 Å². The molecule has 1 fully saturated rings. The third-order valence-corrected chi connectivity index (χ3v) is 4.09. The van der Waals surface area contributed by atoms with E-state index in [-0.39, 0.29) is 5.54 Å². The van der Waals surface area contributed by atoms with E-state index in [9.17, 15) is 0 Å². The summed E-state index contributed by atoms with van der Waals surface area (Å²) in [6.45, 7) is 4.61. The van der Waals surface area contributed by atoms with Crippen LogP contribution in [0.15, 0.2) is 0 Å². The lowest BCUT2D eigenvalue weighted by molar-refractivity contribution is 0.225. The van der Waals surface area contributed by atoms with E-state index in [0.29, 0.717) is 0 Å². The smallest absolute Gasteiger partial charge is 0.0157 e. The molecule has 1 aliphatic carbocycles. The van der Waals surface area contributed by atoms with Gasteiger partial charge in [0.1, 0.15) is 0 Å². The molecule has 1 atom stereocenters. The molecule has 0 aromatic carbocycles. The molecule has 90 valence electrons. The van der Waals surface area contributed by atoms with Crippen LogP contribution in [0.25, 0.3) is 0 Å². The maximum atomic E-state index is 6.51. The van der Waals surface area contributed by atoms with Crippen molar-refractivity contribution < 1.29 is 0 Å². The molecule has 1 heteroatoms. The van der Waals surface area contributed by atoms with E-state index in [2.05, 4.69) is 13.8 Å². The summed E-state index contributed by atoms with van der Waals surface area (Å²) in [6.07, 6.45) is 13.4. The second kappa shape index (κ2) is 6.52. The van der Waals surface area contributed by atoms with Gasteiger partial charge in [-0.05, 0) is 25.2 Å². The van der Waals surface area contributed by atoms with E-state index >= 15 is 0 Å². The zero-order valence-corrected chi connectivity index (χ0v) is 10.7. The Kier molecular flexibility index (Phi) is 5.66. The molecule has 0 aliphatic heterocycles. The minimum Gasteiger partial charge on any atom is -0.325 e. The van der Waals surface area contributed by atoms with Crippen LogP contribution >= 0.6 is 0 Å². The molecule has 0 bridgehead atoms. The van der Waals surface area contributed by atoms with Gasteiger partial charge in [-0.25, -0.2) is 0 Å². The van der Waals surface area contributed by atoms with E-state index in [1.807, 2.05) is 0 Å². The van der Waals surface area contributed by atoms with E-state index in [1.54, 1.807) is 0 Å². The molecule has 0 heterocycles. The first kappa shape index (κ1) is 13.0. The molecule has 0 radical (unpaired) electrons. The van der Waals surface area contributed by atoms with Gasteiger partial charge in [-0.3, -0.25) is 0 Å². The van der Waals surface area contributed by atoms with Crippen LogP contribution < -0.4 is 5.73 Å². The van der Waals surface area contributed by atoms with Gasteiger partial charge >= 0.3 is 0 Å². The lowest BCUT2D eigenvalue weighted by Crippen LogP contribution is -2.43. The summed E-state index contributed by atoms with van der Waals surface area (Å²) in [5.74, 6) is 0.882. The highest BCUT2D eigenvalue weighted by Gasteiger charge is 2.29. The van der Waals surface area contributed by atoms with Gasteiger partial charge < -0.3 is 5.73 Å². The van der Waals surface area contributed by atoms with Crippen LogP contribution in [-0.4, -0.2) is 5.54 Å². The normalized spacial score (nSPS) is 22.6. The van der Waals surface area contributed by atoms with Gasteiger partial charge in [0, 0.05) is 5.54 Å². The summed E-state index contributed by atoms with van der Waals surface area (Å²) in [4.78, 5) is 0. The van der Waals surface area contributed by atoms with Crippen molar-refractivity contribution in [3.8, 4) is 0 Å². The highest BCUT2D eigenvalue weighted by atomic mass is 14.7. The Hall–Kier alpha value is -0.0400. The van der Waals surface area contributed by atoms with Crippen molar-refractivity contribution in [3.63, 3.8) is 0 Å². The van der Waals surface area contributed by atoms with Gasteiger partial charge in [0.05, 0.1) is 0 Å². The summed E-state index contributed by atoms with van der Waals surface area (Å²) in [5.41, 5.74) is 6.71. The first-order valence-corrected chi connectivity index (χ1v) is 6.99. The average molecular weight is 211 g/mol. The van der Waals surface area contributed by atoms with E-state index in [1.165, 1.54) is 64.2 Å². The van der Waals surface area contributed by atoms with Crippen LogP contribution in [0.5, 0.6) is 0 Å². The second-order valence-corrected chi connectivity index (χ2v) is 5.54. The lowest BCUT2D eigenvalue weighted by atomic mass is 9.75. The van der Waals surface area contributed by atoms with E-state index in [4.69, 9.17) is 5.73 Å². The molecule has 0 aromatic rings. The summed E-state index contributed by atoms with van der Waals surface area (Å²) >= 11 is 0. The topological polar surface area (TPSA) is 26.0 Å². The largest absolute Gasteiger partial charge is 0.325 e. The van der Waals surface area contributed by atoms with E-state index < -0.39 is 0 Å². The van der Waals surface area contributed by atoms with E-state index in [0.717, 1.165) is 5.92 Å². The molecule has 2 N–H and O–H groups in total. The first-order valence-electron chi connectivity index (χ1n) is 6.99. The van der Waals surface area contributed by atoms with Gasteiger partial charge in [0.25, 0.3) is 0 Å². The molecule has 0 spiro atoms. The van der Waals surface area contributed by atoms with Gasteiger partial charge in [-0.2, -0.15) is 0 Å². The van der Waals surface area contributed by atoms with Crippen LogP contribution in [-0.2, 0) is 0 Å². The Morgan fingerprint density at radius 3 is 2.33 bits per heavy atom. The predicted octanol–water partition coefficient (Wildman–Crippen LogP) is 4.25. The molecule has 0 amide bonds. The van der Waals surface area contributed by atoms with Crippen molar-refractivity contribution in [3.05, 3.63) is 0 Å².